The molecule has 23 heavy (non-hydrogen) atoms. The minimum absolute atomic E-state index is 0.170. The summed E-state index contributed by atoms with van der Waals surface area (Å²) in [6, 6.07) is 12.8. The van der Waals surface area contributed by atoms with Crippen molar-refractivity contribution >= 4 is 38.7 Å². The first-order valence-corrected chi connectivity index (χ1v) is 9.95. The van der Waals surface area contributed by atoms with Crippen LogP contribution in [0, 0.1) is 0 Å². The second kappa shape index (κ2) is 7.47. The van der Waals surface area contributed by atoms with Crippen molar-refractivity contribution in [1.82, 2.24) is 4.90 Å². The molecular weight excluding hydrogens is 354 g/mol. The Morgan fingerprint density at radius 1 is 1.22 bits per heavy atom. The molecule has 7 heteroatoms. The maximum atomic E-state index is 12.4. The summed E-state index contributed by atoms with van der Waals surface area (Å²) in [5.41, 5.74) is 0.956. The Bertz CT molecular complexity index is 772. The van der Waals surface area contributed by atoms with Crippen molar-refractivity contribution in [3.8, 4) is 0 Å². The highest BCUT2D eigenvalue weighted by Crippen LogP contribution is 2.24. The van der Waals surface area contributed by atoms with Gasteiger partial charge in [0.15, 0.2) is 9.84 Å². The predicted molar refractivity (Wildman–Crippen MR) is 94.3 cm³/mol. The number of amides is 1. The molecule has 0 bridgehead atoms. The monoisotopic (exact) mass is 371 g/mol. The van der Waals surface area contributed by atoms with Crippen LogP contribution in [0.1, 0.15) is 17.4 Å². The fraction of sp³-hybridized carbons (Fsp3) is 0.312. The lowest BCUT2D eigenvalue weighted by atomic mass is 10.2. The van der Waals surface area contributed by atoms with Crippen molar-refractivity contribution in [2.45, 2.75) is 24.5 Å². The summed E-state index contributed by atoms with van der Waals surface area (Å²) in [4.78, 5) is 14.5. The number of thiophene rings is 1. The Labute approximate surface area is 145 Å². The molecular formula is C16H18ClNO3S2. The van der Waals surface area contributed by atoms with E-state index in [-0.39, 0.29) is 5.75 Å². The first kappa shape index (κ1) is 18.0. The Morgan fingerprint density at radius 2 is 1.87 bits per heavy atom. The SMILES string of the molecule is C[C@@H](C(=O)N(C)Cc1ccccc1)S(=O)(=O)Cc1ccc(Cl)s1. The highest BCUT2D eigenvalue weighted by Gasteiger charge is 2.30. The molecule has 4 nitrogen and oxygen atoms in total. The minimum atomic E-state index is -3.58. The lowest BCUT2D eigenvalue weighted by molar-refractivity contribution is -0.129. The zero-order valence-corrected chi connectivity index (χ0v) is 15.3. The van der Waals surface area contributed by atoms with E-state index >= 15 is 0 Å². The summed E-state index contributed by atoms with van der Waals surface area (Å²) in [5.74, 6) is -0.576. The summed E-state index contributed by atoms with van der Waals surface area (Å²) in [6.45, 7) is 1.82. The van der Waals surface area contributed by atoms with Gasteiger partial charge in [0.2, 0.25) is 5.91 Å². The van der Waals surface area contributed by atoms with Crippen LogP contribution in [0.5, 0.6) is 0 Å². The number of sulfone groups is 1. The van der Waals surface area contributed by atoms with E-state index in [2.05, 4.69) is 0 Å². The van der Waals surface area contributed by atoms with Gasteiger partial charge in [-0.25, -0.2) is 8.42 Å². The predicted octanol–water partition coefficient (Wildman–Crippen LogP) is 3.36. The Balaban J connectivity index is 2.05. The number of hydrogen-bond acceptors (Lipinski definition) is 4. The number of carbonyl (C=O) groups excluding carboxylic acids is 1. The fourth-order valence-electron chi connectivity index (χ4n) is 2.15. The van der Waals surface area contributed by atoms with E-state index in [0.717, 1.165) is 5.56 Å². The van der Waals surface area contributed by atoms with Gasteiger partial charge in [-0.2, -0.15) is 0 Å². The van der Waals surface area contributed by atoms with Gasteiger partial charge in [0.25, 0.3) is 0 Å². The first-order valence-electron chi connectivity index (χ1n) is 7.04. The third kappa shape index (κ3) is 4.80. The molecule has 0 unspecified atom stereocenters. The molecule has 1 atom stereocenters. The standard InChI is InChI=1S/C16H18ClNO3S2/c1-12(23(20,21)11-14-8-9-15(17)22-14)16(19)18(2)10-13-6-4-3-5-7-13/h3-9,12H,10-11H2,1-2H3/t12-/m0/s1. The van der Waals surface area contributed by atoms with E-state index < -0.39 is 21.0 Å². The number of halogens is 1. The Hall–Kier alpha value is -1.37. The lowest BCUT2D eigenvalue weighted by Gasteiger charge is -2.21. The van der Waals surface area contributed by atoms with Gasteiger partial charge < -0.3 is 4.90 Å². The summed E-state index contributed by atoms with van der Waals surface area (Å²) in [6.07, 6.45) is 0. The molecule has 0 fully saturated rings. The van der Waals surface area contributed by atoms with Gasteiger partial charge in [-0.15, -0.1) is 11.3 Å². The van der Waals surface area contributed by atoms with Gasteiger partial charge in [-0.1, -0.05) is 41.9 Å². The summed E-state index contributed by atoms with van der Waals surface area (Å²) in [5, 5.41) is -1.09. The largest absolute Gasteiger partial charge is 0.340 e. The van der Waals surface area contributed by atoms with Gasteiger partial charge >= 0.3 is 0 Å². The van der Waals surface area contributed by atoms with Crippen LogP contribution >= 0.6 is 22.9 Å². The van der Waals surface area contributed by atoms with Crippen LogP contribution in [0.2, 0.25) is 4.34 Å². The van der Waals surface area contributed by atoms with Crippen LogP contribution in [0.25, 0.3) is 0 Å². The Kier molecular flexibility index (Phi) is 5.84. The van der Waals surface area contributed by atoms with E-state index in [9.17, 15) is 13.2 Å². The Morgan fingerprint density at radius 3 is 2.43 bits per heavy atom. The van der Waals surface area contributed by atoms with Gasteiger partial charge in [0.05, 0.1) is 10.1 Å². The lowest BCUT2D eigenvalue weighted by Crippen LogP contribution is -2.39. The molecule has 0 aliphatic rings. The molecule has 1 aromatic carbocycles. The number of nitrogens with zero attached hydrogens (tertiary/aromatic N) is 1. The maximum absolute atomic E-state index is 12.4. The third-order valence-corrected chi connectivity index (χ3v) is 6.90. The summed E-state index contributed by atoms with van der Waals surface area (Å²) in [7, 11) is -1.96. The van der Waals surface area contributed by atoms with Crippen LogP contribution in [0.15, 0.2) is 42.5 Å². The van der Waals surface area contributed by atoms with E-state index in [1.54, 1.807) is 19.2 Å². The molecule has 0 aliphatic carbocycles. The zero-order chi connectivity index (χ0) is 17.0. The first-order chi connectivity index (χ1) is 10.8. The number of rotatable bonds is 6. The van der Waals surface area contributed by atoms with Gasteiger partial charge in [-0.05, 0) is 24.6 Å². The molecule has 0 N–H and O–H groups in total. The average molecular weight is 372 g/mol. The molecule has 0 saturated heterocycles. The normalized spacial score (nSPS) is 12.8. The van der Waals surface area contributed by atoms with Crippen LogP contribution in [0.3, 0.4) is 0 Å². The van der Waals surface area contributed by atoms with Crippen molar-refractivity contribution < 1.29 is 13.2 Å². The molecule has 1 aromatic heterocycles. The highest BCUT2D eigenvalue weighted by molar-refractivity contribution is 7.92. The van der Waals surface area contributed by atoms with Crippen molar-refractivity contribution in [2.24, 2.45) is 0 Å². The van der Waals surface area contributed by atoms with E-state index in [1.807, 2.05) is 30.3 Å². The quantitative estimate of drug-likeness (QED) is 0.782. The van der Waals surface area contributed by atoms with Crippen molar-refractivity contribution in [2.75, 3.05) is 7.05 Å². The molecule has 2 aromatic rings. The molecule has 1 amide bonds. The second-order valence-corrected chi connectivity index (χ2v) is 9.46. The van der Waals surface area contributed by atoms with E-state index in [1.165, 1.54) is 23.2 Å². The van der Waals surface area contributed by atoms with Crippen LogP contribution in [0.4, 0.5) is 0 Å². The van der Waals surface area contributed by atoms with Crippen molar-refractivity contribution in [3.63, 3.8) is 0 Å². The number of hydrogen-bond donors (Lipinski definition) is 0. The highest BCUT2D eigenvalue weighted by atomic mass is 35.5. The van der Waals surface area contributed by atoms with E-state index in [4.69, 9.17) is 11.6 Å². The van der Waals surface area contributed by atoms with Crippen LogP contribution in [-0.4, -0.2) is 31.5 Å². The fourth-order valence-corrected chi connectivity index (χ4v) is 4.99. The average Bonchev–Trinajstić information content (AvgIpc) is 2.91. The summed E-state index contributed by atoms with van der Waals surface area (Å²) >= 11 is 7.04. The van der Waals surface area contributed by atoms with Crippen LogP contribution in [-0.2, 0) is 26.9 Å². The minimum Gasteiger partial charge on any atom is -0.340 e. The van der Waals surface area contributed by atoms with Crippen molar-refractivity contribution in [1.29, 1.82) is 0 Å². The smallest absolute Gasteiger partial charge is 0.240 e. The zero-order valence-electron chi connectivity index (χ0n) is 12.9. The second-order valence-electron chi connectivity index (χ2n) is 5.34. The third-order valence-electron chi connectivity index (χ3n) is 3.50. The molecule has 0 spiro atoms. The summed E-state index contributed by atoms with van der Waals surface area (Å²) < 4.78 is 25.4. The molecule has 1 heterocycles. The van der Waals surface area contributed by atoms with Crippen LogP contribution < -0.4 is 0 Å². The molecule has 0 aliphatic heterocycles. The van der Waals surface area contributed by atoms with Gasteiger partial charge in [0, 0.05) is 18.5 Å². The number of carbonyl (C=O) groups is 1. The maximum Gasteiger partial charge on any atom is 0.240 e. The van der Waals surface area contributed by atoms with Gasteiger partial charge in [0.1, 0.15) is 5.25 Å². The topological polar surface area (TPSA) is 54.5 Å². The molecule has 0 saturated carbocycles. The number of benzene rings is 1. The molecule has 2 rings (SSSR count). The van der Waals surface area contributed by atoms with Crippen molar-refractivity contribution in [3.05, 3.63) is 57.2 Å². The van der Waals surface area contributed by atoms with Gasteiger partial charge in [-0.3, -0.25) is 4.79 Å². The van der Waals surface area contributed by atoms with E-state index in [0.29, 0.717) is 15.8 Å². The molecule has 124 valence electrons. The molecule has 0 radical (unpaired) electrons.